The fourth-order valence-corrected chi connectivity index (χ4v) is 7.74. The summed E-state index contributed by atoms with van der Waals surface area (Å²) in [6, 6.07) is 3.51. The Bertz CT molecular complexity index is 1210. The third-order valence-corrected chi connectivity index (χ3v) is 9.71. The van der Waals surface area contributed by atoms with Gasteiger partial charge in [0.05, 0.1) is 38.0 Å². The molecule has 0 saturated heterocycles. The predicted octanol–water partition coefficient (Wildman–Crippen LogP) is 7.43. The van der Waals surface area contributed by atoms with E-state index >= 15 is 0 Å². The van der Waals surface area contributed by atoms with Gasteiger partial charge in [0.25, 0.3) is 0 Å². The number of alkyl halides is 6. The first-order valence-electron chi connectivity index (χ1n) is 11.5. The smallest absolute Gasteiger partial charge is 0.417 e. The van der Waals surface area contributed by atoms with Crippen LogP contribution in [0.2, 0.25) is 0 Å². The molecule has 1 aliphatic carbocycles. The lowest BCUT2D eigenvalue weighted by molar-refractivity contribution is -0.143. The van der Waals surface area contributed by atoms with Crippen molar-refractivity contribution in [1.82, 2.24) is 0 Å². The molecule has 1 unspecified atom stereocenters. The molecule has 2 aromatic rings. The minimum atomic E-state index is -5.40. The molecular weight excluding hydrogens is 541 g/mol. The van der Waals surface area contributed by atoms with Crippen LogP contribution in [0.5, 0.6) is 17.2 Å². The fourth-order valence-electron chi connectivity index (χ4n) is 4.67. The summed E-state index contributed by atoms with van der Waals surface area (Å²) in [6.07, 6.45) is -9.38. The largest absolute Gasteiger partial charge is 0.496 e. The Kier molecular flexibility index (Phi) is 8.55. The molecule has 1 aliphatic rings. The van der Waals surface area contributed by atoms with E-state index in [-0.39, 0.29) is 30.1 Å². The monoisotopic (exact) mass is 566 g/mol. The average molecular weight is 566 g/mol. The van der Waals surface area contributed by atoms with E-state index in [1.54, 1.807) is 0 Å². The molecule has 1 saturated carbocycles. The molecule has 1 fully saturated rings. The zero-order valence-corrected chi connectivity index (χ0v) is 21.6. The molecule has 0 heterocycles. The van der Waals surface area contributed by atoms with E-state index in [1.165, 1.54) is 19.2 Å². The molecule has 38 heavy (non-hydrogen) atoms. The molecule has 6 nitrogen and oxygen atoms in total. The van der Waals surface area contributed by atoms with Crippen LogP contribution in [0.1, 0.15) is 63.9 Å². The maximum absolute atomic E-state index is 14.6. The quantitative estimate of drug-likeness (QED) is 0.244. The summed E-state index contributed by atoms with van der Waals surface area (Å²) >= 11 is 0. The predicted molar refractivity (Wildman–Crippen MR) is 126 cm³/mol. The molecule has 0 aromatic heterocycles. The first kappa shape index (κ1) is 29.5. The van der Waals surface area contributed by atoms with Crippen LogP contribution < -0.4 is 14.2 Å². The lowest BCUT2D eigenvalue weighted by Gasteiger charge is -2.30. The SMILES string of the molecule is COc1cc(OC)c(C(=O)P(=O)(C(=O)c2c(C(F)(F)F)cccc2C(F)(F)F)C2CCCCC2)c(OC)c1. The van der Waals surface area contributed by atoms with Gasteiger partial charge in [-0.1, -0.05) is 25.3 Å². The van der Waals surface area contributed by atoms with Crippen molar-refractivity contribution in [3.8, 4) is 17.2 Å². The zero-order chi connectivity index (χ0) is 28.5. The third kappa shape index (κ3) is 5.41. The molecule has 0 bridgehead atoms. The Morgan fingerprint density at radius 3 is 1.61 bits per heavy atom. The van der Waals surface area contributed by atoms with Crippen molar-refractivity contribution in [3.63, 3.8) is 0 Å². The number of hydrogen-bond donors (Lipinski definition) is 0. The second kappa shape index (κ2) is 11.0. The van der Waals surface area contributed by atoms with E-state index < -0.39 is 58.5 Å². The number of benzene rings is 2. The molecule has 0 aliphatic heterocycles. The fraction of sp³-hybridized carbons (Fsp3) is 0.440. The van der Waals surface area contributed by atoms with Crippen LogP contribution in [-0.4, -0.2) is 38.0 Å². The topological polar surface area (TPSA) is 78.9 Å². The maximum atomic E-state index is 14.6. The standard InChI is InChI=1S/C25H25F6O6P/c1-35-14-12-18(36-2)21(19(13-14)37-3)23(33)38(34,15-8-5-4-6-9-15)22(32)20-16(24(26,27)28)10-7-11-17(20)25(29,30)31/h7,10-13,15H,4-6,8-9H2,1-3H3. The number of hydrogen-bond acceptors (Lipinski definition) is 6. The number of ether oxygens (including phenoxy) is 3. The second-order valence-electron chi connectivity index (χ2n) is 8.69. The minimum Gasteiger partial charge on any atom is -0.496 e. The summed E-state index contributed by atoms with van der Waals surface area (Å²) in [5.74, 6) is -0.402. The highest BCUT2D eigenvalue weighted by Crippen LogP contribution is 2.63. The van der Waals surface area contributed by atoms with E-state index in [2.05, 4.69) is 0 Å². The van der Waals surface area contributed by atoms with Gasteiger partial charge in [0.15, 0.2) is 0 Å². The van der Waals surface area contributed by atoms with Crippen LogP contribution in [-0.2, 0) is 16.9 Å². The highest BCUT2D eigenvalue weighted by Gasteiger charge is 2.53. The van der Waals surface area contributed by atoms with E-state index in [0.717, 1.165) is 14.2 Å². The second-order valence-corrected chi connectivity index (χ2v) is 11.5. The lowest BCUT2D eigenvalue weighted by atomic mass is 10.00. The molecule has 2 aromatic carbocycles. The summed E-state index contributed by atoms with van der Waals surface area (Å²) in [7, 11) is -1.63. The average Bonchev–Trinajstić information content (AvgIpc) is 2.89. The highest BCUT2D eigenvalue weighted by molar-refractivity contribution is 7.96. The number of halogens is 6. The Hall–Kier alpha value is -3.01. The number of rotatable bonds is 8. The summed E-state index contributed by atoms with van der Waals surface area (Å²) in [5.41, 5.74) is -10.9. The first-order chi connectivity index (χ1) is 17.7. The summed E-state index contributed by atoms with van der Waals surface area (Å²) in [5, 5.41) is 0. The summed E-state index contributed by atoms with van der Waals surface area (Å²) in [4.78, 5) is 27.9. The molecule has 208 valence electrons. The van der Waals surface area contributed by atoms with Gasteiger partial charge in [0.2, 0.25) is 18.2 Å². The van der Waals surface area contributed by atoms with E-state index in [4.69, 9.17) is 14.2 Å². The van der Waals surface area contributed by atoms with Crippen LogP contribution >= 0.6 is 7.14 Å². The first-order valence-corrected chi connectivity index (χ1v) is 13.3. The zero-order valence-electron chi connectivity index (χ0n) is 20.7. The minimum absolute atomic E-state index is 0.00504. The summed E-state index contributed by atoms with van der Waals surface area (Å²) < 4.78 is 114. The molecular formula is C25H25F6O6P. The Morgan fingerprint density at radius 1 is 0.763 bits per heavy atom. The van der Waals surface area contributed by atoms with Gasteiger partial charge in [-0.25, -0.2) is 0 Å². The van der Waals surface area contributed by atoms with Crippen molar-refractivity contribution in [1.29, 1.82) is 0 Å². The molecule has 0 N–H and O–H groups in total. The van der Waals surface area contributed by atoms with E-state index in [1.807, 2.05) is 0 Å². The van der Waals surface area contributed by atoms with Crippen molar-refractivity contribution >= 4 is 18.2 Å². The third-order valence-electron chi connectivity index (χ3n) is 6.51. The van der Waals surface area contributed by atoms with Crippen molar-refractivity contribution < 1.29 is 54.7 Å². The van der Waals surface area contributed by atoms with Crippen molar-refractivity contribution in [3.05, 3.63) is 52.6 Å². The highest BCUT2D eigenvalue weighted by atomic mass is 31.2. The Morgan fingerprint density at radius 2 is 1.21 bits per heavy atom. The lowest BCUT2D eigenvalue weighted by Crippen LogP contribution is -2.28. The molecule has 0 radical (unpaired) electrons. The van der Waals surface area contributed by atoms with Gasteiger partial charge in [-0.05, 0) is 25.0 Å². The van der Waals surface area contributed by atoms with Gasteiger partial charge in [-0.15, -0.1) is 0 Å². The van der Waals surface area contributed by atoms with Gasteiger partial charge in [0.1, 0.15) is 22.8 Å². The van der Waals surface area contributed by atoms with Crippen molar-refractivity contribution in [2.45, 2.75) is 50.1 Å². The molecule has 0 spiro atoms. The van der Waals surface area contributed by atoms with E-state index in [9.17, 15) is 40.5 Å². The van der Waals surface area contributed by atoms with Gasteiger partial charge in [-0.3, -0.25) is 9.59 Å². The number of carbonyl (C=O) groups is 2. The van der Waals surface area contributed by atoms with Crippen LogP contribution in [0.3, 0.4) is 0 Å². The van der Waals surface area contributed by atoms with Gasteiger partial charge >= 0.3 is 12.4 Å². The van der Waals surface area contributed by atoms with Gasteiger partial charge in [-0.2, -0.15) is 26.3 Å². The van der Waals surface area contributed by atoms with Crippen molar-refractivity contribution in [2.75, 3.05) is 21.3 Å². The Labute approximate surface area is 214 Å². The van der Waals surface area contributed by atoms with Gasteiger partial charge in [0, 0.05) is 17.8 Å². The molecule has 3 rings (SSSR count). The van der Waals surface area contributed by atoms with Gasteiger partial charge < -0.3 is 18.8 Å². The van der Waals surface area contributed by atoms with Crippen LogP contribution in [0.15, 0.2) is 30.3 Å². The van der Waals surface area contributed by atoms with Crippen LogP contribution in [0.25, 0.3) is 0 Å². The summed E-state index contributed by atoms with van der Waals surface area (Å²) in [6.45, 7) is 0. The number of methoxy groups -OCH3 is 3. The van der Waals surface area contributed by atoms with E-state index in [0.29, 0.717) is 37.5 Å². The normalized spacial score (nSPS) is 16.4. The van der Waals surface area contributed by atoms with Crippen LogP contribution in [0.4, 0.5) is 26.3 Å². The Balaban J connectivity index is 2.38. The van der Waals surface area contributed by atoms with Crippen molar-refractivity contribution in [2.24, 2.45) is 0 Å². The molecule has 1 atom stereocenters. The molecule has 13 heteroatoms. The van der Waals surface area contributed by atoms with Crippen LogP contribution in [0, 0.1) is 0 Å². The maximum Gasteiger partial charge on any atom is 0.417 e. The number of carbonyl (C=O) groups excluding carboxylic acids is 2. The molecule has 0 amide bonds.